The summed E-state index contributed by atoms with van der Waals surface area (Å²) in [6.45, 7) is 6.10. The highest BCUT2D eigenvalue weighted by atomic mass is 35.5. The summed E-state index contributed by atoms with van der Waals surface area (Å²) in [5, 5.41) is 13.0. The molecule has 0 aliphatic rings. The second kappa shape index (κ2) is 7.94. The Labute approximate surface area is 143 Å². The van der Waals surface area contributed by atoms with Gasteiger partial charge in [0.25, 0.3) is 0 Å². The van der Waals surface area contributed by atoms with Crippen LogP contribution in [0.2, 0.25) is 5.02 Å². The van der Waals surface area contributed by atoms with E-state index < -0.39 is 0 Å². The molecule has 2 rings (SSSR count). The van der Waals surface area contributed by atoms with E-state index in [9.17, 15) is 4.79 Å². The van der Waals surface area contributed by atoms with Crippen LogP contribution in [0.3, 0.4) is 0 Å². The molecular formula is C15H18ClN3OS2. The fourth-order valence-electron chi connectivity index (χ4n) is 1.70. The Morgan fingerprint density at radius 1 is 1.32 bits per heavy atom. The van der Waals surface area contributed by atoms with Crippen molar-refractivity contribution in [2.24, 2.45) is 0 Å². The maximum Gasteiger partial charge on any atom is 0.239 e. The number of carbonyl (C=O) groups is 1. The lowest BCUT2D eigenvalue weighted by Crippen LogP contribution is -2.24. The molecule has 0 aliphatic heterocycles. The van der Waals surface area contributed by atoms with Crippen molar-refractivity contribution in [3.8, 4) is 0 Å². The van der Waals surface area contributed by atoms with Crippen LogP contribution in [0.25, 0.3) is 0 Å². The molecule has 1 heterocycles. The van der Waals surface area contributed by atoms with Crippen LogP contribution in [0.4, 0.5) is 5.13 Å². The standard InChI is InChI=1S/C15H18ClN3OS2/c1-4-12(21-11-7-5-10(16)6-8-11)13(20)17-15-19-18-14(22-15)9(2)3/h5-9,12H,4H2,1-3H3,(H,17,19,20)/t12-/m0/s1. The number of aromatic nitrogens is 2. The minimum atomic E-state index is -0.174. The Kier molecular flexibility index (Phi) is 6.23. The van der Waals surface area contributed by atoms with E-state index >= 15 is 0 Å². The number of carbonyl (C=O) groups excluding carboxylic acids is 1. The van der Waals surface area contributed by atoms with E-state index in [1.165, 1.54) is 23.1 Å². The van der Waals surface area contributed by atoms with Gasteiger partial charge in [0, 0.05) is 15.8 Å². The van der Waals surface area contributed by atoms with Gasteiger partial charge in [-0.25, -0.2) is 0 Å². The molecule has 1 aromatic heterocycles. The van der Waals surface area contributed by atoms with Crippen LogP contribution in [0, 0.1) is 0 Å². The molecule has 2 aromatic rings. The third kappa shape index (κ3) is 4.69. The molecule has 7 heteroatoms. The van der Waals surface area contributed by atoms with E-state index in [1.807, 2.05) is 31.2 Å². The van der Waals surface area contributed by atoms with Gasteiger partial charge in [0.2, 0.25) is 11.0 Å². The van der Waals surface area contributed by atoms with E-state index in [1.54, 1.807) is 0 Å². The molecular weight excluding hydrogens is 338 g/mol. The molecule has 0 bridgehead atoms. The van der Waals surface area contributed by atoms with Gasteiger partial charge in [-0.05, 0) is 30.7 Å². The molecule has 0 saturated heterocycles. The molecule has 1 amide bonds. The minimum absolute atomic E-state index is 0.0473. The monoisotopic (exact) mass is 355 g/mol. The Morgan fingerprint density at radius 2 is 2.00 bits per heavy atom. The average molecular weight is 356 g/mol. The van der Waals surface area contributed by atoms with E-state index in [0.717, 1.165) is 16.3 Å². The minimum Gasteiger partial charge on any atom is -0.300 e. The van der Waals surface area contributed by atoms with Crippen LogP contribution < -0.4 is 5.32 Å². The third-order valence-electron chi connectivity index (χ3n) is 2.92. The van der Waals surface area contributed by atoms with Gasteiger partial charge >= 0.3 is 0 Å². The van der Waals surface area contributed by atoms with Crippen molar-refractivity contribution in [2.75, 3.05) is 5.32 Å². The van der Waals surface area contributed by atoms with Crippen LogP contribution >= 0.6 is 34.7 Å². The Morgan fingerprint density at radius 3 is 2.55 bits per heavy atom. The molecule has 0 saturated carbocycles. The number of amides is 1. The number of halogens is 1. The highest BCUT2D eigenvalue weighted by molar-refractivity contribution is 8.00. The van der Waals surface area contributed by atoms with Crippen molar-refractivity contribution in [3.05, 3.63) is 34.3 Å². The van der Waals surface area contributed by atoms with Crippen molar-refractivity contribution >= 4 is 45.7 Å². The lowest BCUT2D eigenvalue weighted by Gasteiger charge is -2.13. The first kappa shape index (κ1) is 17.2. The zero-order valence-corrected chi connectivity index (χ0v) is 15.1. The summed E-state index contributed by atoms with van der Waals surface area (Å²) < 4.78 is 0. The summed E-state index contributed by atoms with van der Waals surface area (Å²) in [6, 6.07) is 7.50. The number of benzene rings is 1. The molecule has 0 spiro atoms. The van der Waals surface area contributed by atoms with Gasteiger partial charge in [0.1, 0.15) is 5.01 Å². The highest BCUT2D eigenvalue weighted by Gasteiger charge is 2.20. The summed E-state index contributed by atoms with van der Waals surface area (Å²) in [5.41, 5.74) is 0. The van der Waals surface area contributed by atoms with Crippen molar-refractivity contribution < 1.29 is 4.79 Å². The van der Waals surface area contributed by atoms with Crippen molar-refractivity contribution in [3.63, 3.8) is 0 Å². The van der Waals surface area contributed by atoms with Crippen LogP contribution in [-0.2, 0) is 4.79 Å². The van der Waals surface area contributed by atoms with Gasteiger partial charge in [-0.15, -0.1) is 22.0 Å². The molecule has 4 nitrogen and oxygen atoms in total. The second-order valence-corrected chi connectivity index (χ2v) is 7.78. The summed E-state index contributed by atoms with van der Waals surface area (Å²) in [7, 11) is 0. The number of nitrogens with zero attached hydrogens (tertiary/aromatic N) is 2. The smallest absolute Gasteiger partial charge is 0.239 e. The number of hydrogen-bond donors (Lipinski definition) is 1. The van der Waals surface area contributed by atoms with E-state index in [4.69, 9.17) is 11.6 Å². The highest BCUT2D eigenvalue weighted by Crippen LogP contribution is 2.28. The first-order chi connectivity index (χ1) is 10.5. The number of anilines is 1. The number of rotatable bonds is 6. The maximum absolute atomic E-state index is 12.4. The lowest BCUT2D eigenvalue weighted by atomic mass is 10.2. The average Bonchev–Trinajstić information content (AvgIpc) is 2.95. The van der Waals surface area contributed by atoms with Gasteiger partial charge in [-0.3, -0.25) is 10.1 Å². The quantitative estimate of drug-likeness (QED) is 0.754. The van der Waals surface area contributed by atoms with E-state index in [-0.39, 0.29) is 11.2 Å². The molecule has 0 aliphatic carbocycles. The number of nitrogens with one attached hydrogen (secondary N) is 1. The molecule has 0 radical (unpaired) electrons. The number of thioether (sulfide) groups is 1. The summed E-state index contributed by atoms with van der Waals surface area (Å²) in [4.78, 5) is 13.4. The van der Waals surface area contributed by atoms with Gasteiger partial charge in [0.15, 0.2) is 0 Å². The summed E-state index contributed by atoms with van der Waals surface area (Å²) >= 11 is 8.83. The first-order valence-electron chi connectivity index (χ1n) is 7.06. The lowest BCUT2D eigenvalue weighted by molar-refractivity contribution is -0.115. The van der Waals surface area contributed by atoms with Gasteiger partial charge in [-0.2, -0.15) is 0 Å². The largest absolute Gasteiger partial charge is 0.300 e. The molecule has 1 N–H and O–H groups in total. The zero-order valence-electron chi connectivity index (χ0n) is 12.7. The van der Waals surface area contributed by atoms with Gasteiger partial charge in [-0.1, -0.05) is 43.7 Å². The normalized spacial score (nSPS) is 12.4. The van der Waals surface area contributed by atoms with Crippen LogP contribution in [-0.4, -0.2) is 21.4 Å². The van der Waals surface area contributed by atoms with Crippen LogP contribution in [0.5, 0.6) is 0 Å². The van der Waals surface area contributed by atoms with Gasteiger partial charge < -0.3 is 0 Å². The van der Waals surface area contributed by atoms with Crippen LogP contribution in [0.1, 0.15) is 38.1 Å². The summed E-state index contributed by atoms with van der Waals surface area (Å²) in [6.07, 6.45) is 0.731. The maximum atomic E-state index is 12.4. The Balaban J connectivity index is 2.00. The predicted octanol–water partition coefficient (Wildman–Crippen LogP) is 4.82. The van der Waals surface area contributed by atoms with Gasteiger partial charge in [0.05, 0.1) is 5.25 Å². The number of hydrogen-bond acceptors (Lipinski definition) is 5. The molecule has 0 fully saturated rings. The Hall–Kier alpha value is -1.11. The third-order valence-corrected chi connectivity index (χ3v) is 5.69. The zero-order chi connectivity index (χ0) is 16.1. The van der Waals surface area contributed by atoms with Crippen LogP contribution in [0.15, 0.2) is 29.2 Å². The van der Waals surface area contributed by atoms with Crippen molar-refractivity contribution in [2.45, 2.75) is 43.3 Å². The molecule has 1 atom stereocenters. The molecule has 1 aromatic carbocycles. The molecule has 118 valence electrons. The molecule has 0 unspecified atom stereocenters. The Bertz CT molecular complexity index is 628. The summed E-state index contributed by atoms with van der Waals surface area (Å²) in [5.74, 6) is 0.266. The fourth-order valence-corrected chi connectivity index (χ4v) is 3.53. The van der Waals surface area contributed by atoms with Crippen molar-refractivity contribution in [1.82, 2.24) is 10.2 Å². The second-order valence-electron chi connectivity index (χ2n) is 5.06. The topological polar surface area (TPSA) is 54.9 Å². The van der Waals surface area contributed by atoms with E-state index in [0.29, 0.717) is 16.1 Å². The van der Waals surface area contributed by atoms with Crippen molar-refractivity contribution in [1.29, 1.82) is 0 Å². The SMILES string of the molecule is CC[C@H](Sc1ccc(Cl)cc1)C(=O)Nc1nnc(C(C)C)s1. The predicted molar refractivity (Wildman–Crippen MR) is 94.0 cm³/mol. The first-order valence-corrected chi connectivity index (χ1v) is 9.13. The van der Waals surface area contributed by atoms with E-state index in [2.05, 4.69) is 29.4 Å². The fraction of sp³-hybridized carbons (Fsp3) is 0.400. The molecule has 22 heavy (non-hydrogen) atoms.